The van der Waals surface area contributed by atoms with Crippen molar-refractivity contribution in [3.8, 4) is 0 Å². The van der Waals surface area contributed by atoms with E-state index in [0.717, 1.165) is 0 Å². The first-order chi connectivity index (χ1) is 21.5. The first kappa shape index (κ1) is 38.1. The van der Waals surface area contributed by atoms with Gasteiger partial charge in [0.25, 0.3) is 0 Å². The molecule has 0 aromatic rings. The zero-order valence-electron chi connectivity index (χ0n) is 26.3. The van der Waals surface area contributed by atoms with E-state index in [9.17, 15) is 51.1 Å². The Morgan fingerprint density at radius 3 is 1.46 bits per heavy atom. The summed E-state index contributed by atoms with van der Waals surface area (Å²) in [7, 11) is 0. The average Bonchev–Trinajstić information content (AvgIpc) is 3.27. The maximum absolute atomic E-state index is 11.6. The monoisotopic (exact) mass is 674 g/mol. The van der Waals surface area contributed by atoms with E-state index < -0.39 is 142 Å². The topological polar surface area (TPSA) is 276 Å². The minimum atomic E-state index is -1.84. The molecule has 4 saturated heterocycles. The van der Waals surface area contributed by atoms with Gasteiger partial charge in [-0.2, -0.15) is 0 Å². The fraction of sp³-hybridized carbons (Fsp3) is 1.00. The zero-order valence-corrected chi connectivity index (χ0v) is 26.3. The fourth-order valence-corrected chi connectivity index (χ4v) is 5.92. The van der Waals surface area contributed by atoms with Crippen molar-refractivity contribution in [3.05, 3.63) is 0 Å². The third kappa shape index (κ3) is 8.01. The molecule has 4 fully saturated rings. The van der Waals surface area contributed by atoms with E-state index in [-0.39, 0.29) is 0 Å². The summed E-state index contributed by atoms with van der Waals surface area (Å²) in [6.45, 7) is 6.30. The van der Waals surface area contributed by atoms with E-state index in [4.69, 9.17) is 37.9 Å². The van der Waals surface area contributed by atoms with E-state index in [1.165, 1.54) is 6.92 Å². The van der Waals surface area contributed by atoms with Crippen molar-refractivity contribution in [1.29, 1.82) is 0 Å². The lowest BCUT2D eigenvalue weighted by Crippen LogP contribution is -2.66. The van der Waals surface area contributed by atoms with Gasteiger partial charge in [0.2, 0.25) is 0 Å². The minimum absolute atomic E-state index is 0.530. The van der Waals surface area contributed by atoms with Crippen molar-refractivity contribution < 1.29 is 89.0 Å². The number of aliphatic hydroxyl groups excluding tert-OH is 10. The molecule has 270 valence electrons. The van der Waals surface area contributed by atoms with Gasteiger partial charge in [-0.05, 0) is 27.7 Å². The van der Waals surface area contributed by atoms with Crippen molar-refractivity contribution in [2.75, 3.05) is 19.8 Å². The number of aliphatic hydroxyl groups is 10. The number of ether oxygens (including phenoxy) is 8. The predicted molar refractivity (Wildman–Crippen MR) is 148 cm³/mol. The molecular weight excluding hydrogens is 624 g/mol. The molecule has 0 aromatic carbocycles. The van der Waals surface area contributed by atoms with Gasteiger partial charge in [0, 0.05) is 5.92 Å². The van der Waals surface area contributed by atoms with E-state index in [2.05, 4.69) is 0 Å². The average molecular weight is 675 g/mol. The molecule has 0 radical (unpaired) electrons. The van der Waals surface area contributed by atoms with Crippen molar-refractivity contribution in [2.24, 2.45) is 5.92 Å². The maximum Gasteiger partial charge on any atom is 0.187 e. The second-order valence-corrected chi connectivity index (χ2v) is 13.2. The normalized spacial score (nSPS) is 50.5. The van der Waals surface area contributed by atoms with Crippen LogP contribution in [0.5, 0.6) is 0 Å². The molecule has 0 spiro atoms. The molecule has 4 aliphatic rings. The maximum atomic E-state index is 11.6. The summed E-state index contributed by atoms with van der Waals surface area (Å²) >= 11 is 0. The highest BCUT2D eigenvalue weighted by Gasteiger charge is 2.55. The Hall–Kier alpha value is -0.720. The summed E-state index contributed by atoms with van der Waals surface area (Å²) in [6, 6.07) is 0. The molecule has 0 saturated carbocycles. The summed E-state index contributed by atoms with van der Waals surface area (Å²) in [4.78, 5) is 0. The van der Waals surface area contributed by atoms with Gasteiger partial charge in [-0.1, -0.05) is 6.92 Å². The standard InChI is InChI=1S/C28H50O18/c1-9-11(6-29)40-24(18(36)14(9)32)44-22-20(38)26(39-10(2)21(22)43-25-19(37)16(34)13(8-31)41-25)45-23-17(35)15(33)12(7-30)42-27(23)46-28(3,4)5/h9-27,29-38H,6-8H2,1-5H3/t9-,10?,11?,12?,13+,14+,15-,16+,17+,18?,19+,20+,21+,22?,23?,24+,25+,26+,27+/m1/s1. The van der Waals surface area contributed by atoms with Crippen LogP contribution in [0, 0.1) is 5.92 Å². The van der Waals surface area contributed by atoms with Crippen molar-refractivity contribution in [3.63, 3.8) is 0 Å². The molecule has 0 aromatic heterocycles. The van der Waals surface area contributed by atoms with Crippen molar-refractivity contribution in [2.45, 2.75) is 151 Å². The molecule has 10 N–H and O–H groups in total. The van der Waals surface area contributed by atoms with Crippen LogP contribution in [0.4, 0.5) is 0 Å². The number of hydrogen-bond donors (Lipinski definition) is 10. The van der Waals surface area contributed by atoms with E-state index in [1.54, 1.807) is 27.7 Å². The third-order valence-electron chi connectivity index (χ3n) is 8.66. The predicted octanol–water partition coefficient (Wildman–Crippen LogP) is -4.98. The summed E-state index contributed by atoms with van der Waals surface area (Å²) in [5.41, 5.74) is -0.854. The Balaban J connectivity index is 1.62. The number of hydrogen-bond acceptors (Lipinski definition) is 18. The van der Waals surface area contributed by atoms with Gasteiger partial charge in [-0.25, -0.2) is 0 Å². The van der Waals surface area contributed by atoms with Crippen molar-refractivity contribution in [1.82, 2.24) is 0 Å². The molecule has 6 unspecified atom stereocenters. The third-order valence-corrected chi connectivity index (χ3v) is 8.66. The molecule has 0 aliphatic carbocycles. The highest BCUT2D eigenvalue weighted by atomic mass is 16.8. The van der Waals surface area contributed by atoms with E-state index >= 15 is 0 Å². The Morgan fingerprint density at radius 2 is 0.913 bits per heavy atom. The van der Waals surface area contributed by atoms with Gasteiger partial charge in [0.15, 0.2) is 25.2 Å². The van der Waals surface area contributed by atoms with Crippen LogP contribution in [-0.2, 0) is 37.9 Å². The van der Waals surface area contributed by atoms with E-state index in [0.29, 0.717) is 0 Å². The van der Waals surface area contributed by atoms with Crippen LogP contribution in [0.2, 0.25) is 0 Å². The van der Waals surface area contributed by atoms with E-state index in [1.807, 2.05) is 0 Å². The van der Waals surface area contributed by atoms with Crippen LogP contribution in [0.1, 0.15) is 34.6 Å². The van der Waals surface area contributed by atoms with Crippen LogP contribution in [0.15, 0.2) is 0 Å². The highest BCUT2D eigenvalue weighted by Crippen LogP contribution is 2.36. The van der Waals surface area contributed by atoms with Crippen LogP contribution < -0.4 is 0 Å². The molecule has 18 nitrogen and oxygen atoms in total. The fourth-order valence-electron chi connectivity index (χ4n) is 5.92. The summed E-state index contributed by atoms with van der Waals surface area (Å²) in [5, 5.41) is 104. The van der Waals surface area contributed by atoms with Gasteiger partial charge in [-0.3, -0.25) is 0 Å². The lowest BCUT2D eigenvalue weighted by atomic mass is 9.91. The van der Waals surface area contributed by atoms with Crippen LogP contribution >= 0.6 is 0 Å². The largest absolute Gasteiger partial charge is 0.394 e. The summed E-state index contributed by atoms with van der Waals surface area (Å²) in [5.74, 6) is -0.692. The van der Waals surface area contributed by atoms with Gasteiger partial charge < -0.3 is 89.0 Å². The second-order valence-electron chi connectivity index (χ2n) is 13.2. The zero-order chi connectivity index (χ0) is 34.2. The van der Waals surface area contributed by atoms with Gasteiger partial charge >= 0.3 is 0 Å². The van der Waals surface area contributed by atoms with Gasteiger partial charge in [0.05, 0.1) is 43.7 Å². The molecular formula is C28H50O18. The molecule has 4 rings (SSSR count). The van der Waals surface area contributed by atoms with Crippen LogP contribution in [0.25, 0.3) is 0 Å². The molecule has 0 bridgehead atoms. The minimum Gasteiger partial charge on any atom is -0.394 e. The first-order valence-corrected chi connectivity index (χ1v) is 15.4. The highest BCUT2D eigenvalue weighted by molar-refractivity contribution is 4.97. The molecule has 19 atom stereocenters. The van der Waals surface area contributed by atoms with Crippen LogP contribution in [-0.4, -0.2) is 187 Å². The Labute approximate surface area is 265 Å². The summed E-state index contributed by atoms with van der Waals surface area (Å²) < 4.78 is 46.5. The Morgan fingerprint density at radius 1 is 0.478 bits per heavy atom. The molecule has 4 heterocycles. The molecule has 18 heteroatoms. The number of rotatable bonds is 10. The first-order valence-electron chi connectivity index (χ1n) is 15.4. The SMILES string of the molecule is CC1O[C@@H](OC2[C@H](OC(C)(C)C)OC(CO)[C@@H](O)[C@@H]2O)[C@@H](O)C(O[C@@H]2OC(CO)[C@@H](C)[C@H](O)C2O)[C@H]1O[C@@H]1O[C@@H](CO)[C@H](O)[C@@H]1O. The Kier molecular flexibility index (Phi) is 12.8. The van der Waals surface area contributed by atoms with Crippen molar-refractivity contribution >= 4 is 0 Å². The molecule has 46 heavy (non-hydrogen) atoms. The lowest BCUT2D eigenvalue weighted by Gasteiger charge is -2.49. The summed E-state index contributed by atoms with van der Waals surface area (Å²) in [6.07, 6.45) is -26.4. The second kappa shape index (κ2) is 15.4. The molecule has 0 amide bonds. The van der Waals surface area contributed by atoms with Gasteiger partial charge in [-0.15, -0.1) is 0 Å². The smallest absolute Gasteiger partial charge is 0.187 e. The van der Waals surface area contributed by atoms with Gasteiger partial charge in [0.1, 0.15) is 67.1 Å². The lowest BCUT2D eigenvalue weighted by molar-refractivity contribution is -0.395. The molecule has 4 aliphatic heterocycles. The van der Waals surface area contributed by atoms with Crippen LogP contribution in [0.3, 0.4) is 0 Å². The quantitative estimate of drug-likeness (QED) is 0.104. The Bertz CT molecular complexity index is 952.